The SMILES string of the molecule is CC1=CC2=C(CC1)OC1CC=CC3=C1B2C1=C(C=CC(c2cc(C4=CC5=C(CC4)N(c4ccc(C)cc4)c4cccc6c4B5c4cc(C)ccc4O6)cc(-c4ccc5c(c4)B4C6=C(CCC=C6Oc6ccc(C)cc64)N5c4ccc(C)cc4)c2)C1)N3c1ccc(C)cc1. The lowest BCUT2D eigenvalue weighted by Gasteiger charge is -2.47. The maximum absolute atomic E-state index is 7.14. The van der Waals surface area contributed by atoms with Gasteiger partial charge in [-0.25, -0.2) is 0 Å². The van der Waals surface area contributed by atoms with Gasteiger partial charge in [0.25, 0.3) is 13.4 Å². The summed E-state index contributed by atoms with van der Waals surface area (Å²) < 4.78 is 21.0. The highest BCUT2D eigenvalue weighted by atomic mass is 16.5. The molecule has 2 unspecified atom stereocenters. The molecule has 5 aliphatic carbocycles. The summed E-state index contributed by atoms with van der Waals surface area (Å²) in [6.07, 6.45) is 24.6. The summed E-state index contributed by atoms with van der Waals surface area (Å²) in [6, 6.07) is 62.7. The van der Waals surface area contributed by atoms with Gasteiger partial charge in [-0.1, -0.05) is 154 Å². The second-order valence-electron chi connectivity index (χ2n) is 28.0. The minimum Gasteiger partial charge on any atom is -0.491 e. The smallest absolute Gasteiger partial charge is 0.255 e. The Morgan fingerprint density at radius 2 is 1.17 bits per heavy atom. The molecule has 0 fully saturated rings. The molecule has 19 rings (SSSR count). The van der Waals surface area contributed by atoms with Crippen LogP contribution in [-0.2, 0) is 4.74 Å². The molecular formula is C84H70B3N3O3. The first-order valence-electron chi connectivity index (χ1n) is 33.9. The first kappa shape index (κ1) is 54.9. The zero-order valence-electron chi connectivity index (χ0n) is 53.7. The number of allylic oxidation sites excluding steroid dienone is 15. The fourth-order valence-corrected chi connectivity index (χ4v) is 17.6. The molecule has 0 bridgehead atoms. The van der Waals surface area contributed by atoms with Crippen LogP contribution in [0.2, 0.25) is 0 Å². The maximum Gasteiger partial charge on any atom is 0.255 e. The molecule has 0 saturated carbocycles. The van der Waals surface area contributed by atoms with Gasteiger partial charge in [0, 0.05) is 70.0 Å². The van der Waals surface area contributed by atoms with Crippen molar-refractivity contribution in [3.63, 3.8) is 0 Å². The van der Waals surface area contributed by atoms with Crippen molar-refractivity contribution < 1.29 is 14.2 Å². The van der Waals surface area contributed by atoms with E-state index >= 15 is 0 Å². The summed E-state index contributed by atoms with van der Waals surface area (Å²) in [5.41, 5.74) is 37.3. The number of fused-ring (bicyclic) bond motifs is 9. The number of anilines is 5. The molecule has 6 nitrogen and oxygen atoms in total. The number of benzene rings is 8. The molecule has 0 N–H and O–H groups in total. The van der Waals surface area contributed by atoms with Gasteiger partial charge < -0.3 is 28.9 Å². The summed E-state index contributed by atoms with van der Waals surface area (Å²) in [5, 5.41) is 0. The van der Waals surface area contributed by atoms with E-state index in [9.17, 15) is 0 Å². The van der Waals surface area contributed by atoms with E-state index in [0.717, 1.165) is 74.4 Å². The zero-order chi connectivity index (χ0) is 62.1. The van der Waals surface area contributed by atoms with Crippen LogP contribution in [0.1, 0.15) is 103 Å². The monoisotopic (exact) mass is 1200 g/mol. The van der Waals surface area contributed by atoms with Crippen molar-refractivity contribution in [2.24, 2.45) is 0 Å². The highest BCUT2D eigenvalue weighted by molar-refractivity contribution is 6.95. The van der Waals surface area contributed by atoms with Gasteiger partial charge in [0.2, 0.25) is 6.71 Å². The lowest BCUT2D eigenvalue weighted by atomic mass is 9.30. The van der Waals surface area contributed by atoms with E-state index in [1.54, 1.807) is 0 Å². The van der Waals surface area contributed by atoms with Gasteiger partial charge in [0.15, 0.2) is 0 Å². The third-order valence-corrected chi connectivity index (χ3v) is 22.0. The van der Waals surface area contributed by atoms with Gasteiger partial charge in [-0.2, -0.15) is 0 Å². The van der Waals surface area contributed by atoms with E-state index in [0.29, 0.717) is 0 Å². The highest BCUT2D eigenvalue weighted by Gasteiger charge is 2.50. The second-order valence-corrected chi connectivity index (χ2v) is 28.0. The van der Waals surface area contributed by atoms with Crippen molar-refractivity contribution >= 4 is 76.0 Å². The maximum atomic E-state index is 7.14. The van der Waals surface area contributed by atoms with Gasteiger partial charge in [0.1, 0.15) is 29.1 Å². The predicted octanol–water partition coefficient (Wildman–Crippen LogP) is 17.6. The minimum absolute atomic E-state index is 0.000200. The average Bonchev–Trinajstić information content (AvgIpc) is 0.730. The molecule has 0 spiro atoms. The van der Waals surface area contributed by atoms with E-state index < -0.39 is 0 Å². The lowest BCUT2D eigenvalue weighted by Crippen LogP contribution is -2.54. The van der Waals surface area contributed by atoms with E-state index in [4.69, 9.17) is 14.2 Å². The second kappa shape index (κ2) is 20.8. The highest BCUT2D eigenvalue weighted by Crippen LogP contribution is 2.53. The number of ether oxygens (including phenoxy) is 3. The van der Waals surface area contributed by atoms with Gasteiger partial charge in [-0.15, -0.1) is 0 Å². The molecule has 6 heterocycles. The number of aryl methyl sites for hydroxylation is 5. The molecule has 11 aliphatic rings. The first-order valence-corrected chi connectivity index (χ1v) is 33.9. The van der Waals surface area contributed by atoms with Crippen molar-refractivity contribution in [2.75, 3.05) is 14.7 Å². The van der Waals surface area contributed by atoms with Crippen molar-refractivity contribution in [3.8, 4) is 28.4 Å². The van der Waals surface area contributed by atoms with Crippen LogP contribution < -0.4 is 46.0 Å². The molecule has 0 amide bonds. The molecule has 448 valence electrons. The van der Waals surface area contributed by atoms with Crippen LogP contribution >= 0.6 is 0 Å². The molecule has 8 aromatic carbocycles. The Morgan fingerprint density at radius 3 is 1.92 bits per heavy atom. The largest absolute Gasteiger partial charge is 0.491 e. The van der Waals surface area contributed by atoms with Crippen molar-refractivity contribution in [1.82, 2.24) is 0 Å². The van der Waals surface area contributed by atoms with E-state index in [1.807, 2.05) is 0 Å². The molecule has 93 heavy (non-hydrogen) atoms. The summed E-state index contributed by atoms with van der Waals surface area (Å²) in [7, 11) is 0. The normalized spacial score (nSPS) is 20.0. The van der Waals surface area contributed by atoms with Crippen LogP contribution in [0.5, 0.6) is 17.2 Å². The van der Waals surface area contributed by atoms with Gasteiger partial charge in [-0.05, 0) is 243 Å². The van der Waals surface area contributed by atoms with Crippen LogP contribution in [0.25, 0.3) is 16.7 Å². The van der Waals surface area contributed by atoms with Gasteiger partial charge in [0.05, 0.1) is 5.76 Å². The number of hydrogen-bond donors (Lipinski definition) is 0. The molecule has 0 radical (unpaired) electrons. The third-order valence-electron chi connectivity index (χ3n) is 22.0. The number of hydrogen-bond acceptors (Lipinski definition) is 6. The zero-order valence-corrected chi connectivity index (χ0v) is 53.7. The van der Waals surface area contributed by atoms with Crippen LogP contribution in [0.3, 0.4) is 0 Å². The van der Waals surface area contributed by atoms with Crippen molar-refractivity contribution in [3.05, 3.63) is 313 Å². The van der Waals surface area contributed by atoms with Gasteiger partial charge in [-0.3, -0.25) is 0 Å². The van der Waals surface area contributed by atoms with Crippen LogP contribution in [0.4, 0.5) is 28.4 Å². The molecule has 0 aromatic heterocycles. The third kappa shape index (κ3) is 8.57. The van der Waals surface area contributed by atoms with Crippen molar-refractivity contribution in [2.45, 2.75) is 105 Å². The van der Waals surface area contributed by atoms with Crippen LogP contribution in [0.15, 0.2) is 274 Å². The molecule has 6 aliphatic heterocycles. The quantitative estimate of drug-likeness (QED) is 0.155. The van der Waals surface area contributed by atoms with E-state index in [2.05, 4.69) is 263 Å². The lowest BCUT2D eigenvalue weighted by molar-refractivity contribution is 0.137. The Kier molecular flexibility index (Phi) is 12.3. The molecule has 9 heteroatoms. The topological polar surface area (TPSA) is 37.4 Å². The Labute approximate surface area is 547 Å². The van der Waals surface area contributed by atoms with E-state index in [-0.39, 0.29) is 32.2 Å². The first-order chi connectivity index (χ1) is 45.5. The van der Waals surface area contributed by atoms with E-state index in [1.165, 1.54) is 167 Å². The Balaban J connectivity index is 0.818. The van der Waals surface area contributed by atoms with Gasteiger partial charge >= 0.3 is 0 Å². The molecule has 2 atom stereocenters. The molecular weight excluding hydrogens is 1130 g/mol. The van der Waals surface area contributed by atoms with Crippen LogP contribution in [0, 0.1) is 34.6 Å². The summed E-state index contributed by atoms with van der Waals surface area (Å²) in [6.45, 7) is 13.4. The van der Waals surface area contributed by atoms with Crippen LogP contribution in [-0.4, -0.2) is 26.2 Å². The Bertz CT molecular complexity index is 4990. The Hall–Kier alpha value is -9.85. The van der Waals surface area contributed by atoms with Crippen molar-refractivity contribution in [1.29, 1.82) is 0 Å². The summed E-state index contributed by atoms with van der Waals surface area (Å²) >= 11 is 0. The fourth-order valence-electron chi connectivity index (χ4n) is 17.6. The number of nitrogens with zero attached hydrogens (tertiary/aromatic N) is 3. The Morgan fingerprint density at radius 1 is 0.484 bits per heavy atom. The summed E-state index contributed by atoms with van der Waals surface area (Å²) in [5.74, 6) is 5.11. The summed E-state index contributed by atoms with van der Waals surface area (Å²) in [4.78, 5) is 7.67. The number of rotatable bonds is 6. The molecule has 8 aromatic rings. The standard InChI is InChI=1S/C84H70B3N3O3/c1-49-16-28-61(29-17-49)88-70-34-25-55(46-64(70)85-67-40-52(4)22-37-76(67)91-79-13-7-10-73(88)82(79)85)58-43-59(56-26-35-71-65(47-56)86-68-41-53(5)23-38-77(68)92-80-14-8-11-74(83(80)86)89(71)62-30-18-50(2)19-31-62)45-60(44-58)57-27-36-72-66(48-57)87-69-42-54(6)24-39-78(69)93-81-15-9-12-75(84(81)87)90(72)63-32-20-51(3)21-33-63/h7-8,10-11,13,15-22,24,26-33,35-37,39-46,48,56,80H,9,12,14,23,25,34,38,47H2,1-6H3. The predicted molar refractivity (Wildman–Crippen MR) is 385 cm³/mol. The fraction of sp³-hybridized carbons (Fsp3) is 0.190. The molecule has 0 saturated heterocycles. The minimum atomic E-state index is -0.00116. The average molecular weight is 1200 g/mol.